The van der Waals surface area contributed by atoms with Gasteiger partial charge < -0.3 is 10.1 Å². The van der Waals surface area contributed by atoms with Crippen LogP contribution in [0, 0.1) is 12.8 Å². The van der Waals surface area contributed by atoms with E-state index in [0.29, 0.717) is 10.8 Å². The molecule has 1 N–H and O–H groups in total. The van der Waals surface area contributed by atoms with Gasteiger partial charge in [-0.15, -0.1) is 11.3 Å². The van der Waals surface area contributed by atoms with E-state index in [-0.39, 0.29) is 5.97 Å². The molecule has 0 amide bonds. The number of rotatable bonds is 4. The lowest BCUT2D eigenvalue weighted by atomic mass is 10.1. The average molecular weight is 328 g/mol. The second kappa shape index (κ2) is 6.16. The molecule has 23 heavy (non-hydrogen) atoms. The number of carbonyl (C=O) groups excluding carboxylic acids is 1. The fraction of sp³-hybridized carbons (Fsp3) is 0.333. The van der Waals surface area contributed by atoms with Crippen molar-refractivity contribution in [1.29, 1.82) is 0 Å². The highest BCUT2D eigenvalue weighted by Gasteiger charge is 2.21. The van der Waals surface area contributed by atoms with Crippen molar-refractivity contribution in [2.24, 2.45) is 5.92 Å². The van der Waals surface area contributed by atoms with Crippen LogP contribution >= 0.6 is 11.3 Å². The number of aryl methyl sites for hydroxylation is 1. The number of methoxy groups -OCH3 is 1. The molecular weight excluding hydrogens is 308 g/mol. The van der Waals surface area contributed by atoms with Crippen molar-refractivity contribution in [1.82, 2.24) is 4.98 Å². The molecule has 0 aliphatic carbocycles. The van der Waals surface area contributed by atoms with Crippen LogP contribution in [0.3, 0.4) is 0 Å². The maximum absolute atomic E-state index is 12.2. The van der Waals surface area contributed by atoms with Gasteiger partial charge in [-0.1, -0.05) is 26.0 Å². The molecule has 2 aromatic heterocycles. The van der Waals surface area contributed by atoms with Crippen LogP contribution in [-0.4, -0.2) is 24.6 Å². The quantitative estimate of drug-likeness (QED) is 0.710. The summed E-state index contributed by atoms with van der Waals surface area (Å²) in [4.78, 5) is 17.3. The highest BCUT2D eigenvalue weighted by atomic mass is 32.1. The molecule has 0 saturated heterocycles. The number of anilines is 1. The van der Waals surface area contributed by atoms with E-state index in [1.54, 1.807) is 0 Å². The molecule has 0 aliphatic heterocycles. The summed E-state index contributed by atoms with van der Waals surface area (Å²) in [5.74, 6) is 0.170. The number of hydrogen-bond acceptors (Lipinski definition) is 5. The van der Waals surface area contributed by atoms with Crippen molar-refractivity contribution in [2.45, 2.75) is 20.8 Å². The molecule has 120 valence electrons. The van der Waals surface area contributed by atoms with Gasteiger partial charge >= 0.3 is 5.97 Å². The lowest BCUT2D eigenvalue weighted by Gasteiger charge is -2.11. The number of esters is 1. The van der Waals surface area contributed by atoms with Gasteiger partial charge in [-0.25, -0.2) is 4.79 Å². The summed E-state index contributed by atoms with van der Waals surface area (Å²) in [6.07, 6.45) is 1.84. The smallest absolute Gasteiger partial charge is 0.350 e. The summed E-state index contributed by atoms with van der Waals surface area (Å²) in [6, 6.07) is 6.22. The second-order valence-electron chi connectivity index (χ2n) is 6.09. The van der Waals surface area contributed by atoms with Crippen LogP contribution in [0.5, 0.6) is 0 Å². The molecule has 3 rings (SSSR count). The van der Waals surface area contributed by atoms with Crippen LogP contribution in [0.2, 0.25) is 0 Å². The summed E-state index contributed by atoms with van der Waals surface area (Å²) in [5.41, 5.74) is 2.98. The maximum Gasteiger partial charge on any atom is 0.350 e. The summed E-state index contributed by atoms with van der Waals surface area (Å²) in [5, 5.41) is 5.56. The van der Waals surface area contributed by atoms with E-state index >= 15 is 0 Å². The van der Waals surface area contributed by atoms with Crippen molar-refractivity contribution < 1.29 is 9.53 Å². The molecule has 2 heterocycles. The van der Waals surface area contributed by atoms with E-state index in [0.717, 1.165) is 33.2 Å². The molecule has 0 saturated carbocycles. The second-order valence-corrected chi connectivity index (χ2v) is 7.14. The van der Waals surface area contributed by atoms with E-state index in [4.69, 9.17) is 4.74 Å². The standard InChI is InChI=1S/C18H20N2O2S/c1-10(2)8-20-16-15-12-6-5-11(3)7-13(12)19-9-14(15)23-17(16)18(21)22-4/h5-7,9-10,20H,8H2,1-4H3. The van der Waals surface area contributed by atoms with Gasteiger partial charge in [0.1, 0.15) is 4.88 Å². The first-order valence-electron chi connectivity index (χ1n) is 7.65. The number of hydrogen-bond donors (Lipinski definition) is 1. The normalized spacial score (nSPS) is 11.3. The van der Waals surface area contributed by atoms with Crippen molar-refractivity contribution in [3.8, 4) is 0 Å². The van der Waals surface area contributed by atoms with E-state index in [2.05, 4.69) is 49.3 Å². The molecule has 4 nitrogen and oxygen atoms in total. The topological polar surface area (TPSA) is 51.2 Å². The molecule has 0 bridgehead atoms. The van der Waals surface area contributed by atoms with Gasteiger partial charge in [0.25, 0.3) is 0 Å². The Labute approximate surface area is 139 Å². The number of pyridine rings is 1. The predicted octanol–water partition coefficient (Wildman–Crippen LogP) is 4.61. The molecule has 5 heteroatoms. The number of fused-ring (bicyclic) bond motifs is 3. The first-order valence-corrected chi connectivity index (χ1v) is 8.47. The van der Waals surface area contributed by atoms with Gasteiger partial charge in [0.2, 0.25) is 0 Å². The minimum atomic E-state index is -0.308. The Balaban J connectivity index is 2.29. The van der Waals surface area contributed by atoms with E-state index < -0.39 is 0 Å². The Bertz CT molecular complexity index is 883. The predicted molar refractivity (Wildman–Crippen MR) is 96.5 cm³/mol. The van der Waals surface area contributed by atoms with Crippen molar-refractivity contribution in [2.75, 3.05) is 19.0 Å². The zero-order valence-corrected chi connectivity index (χ0v) is 14.6. The summed E-state index contributed by atoms with van der Waals surface area (Å²) < 4.78 is 5.95. The fourth-order valence-corrected chi connectivity index (χ4v) is 3.69. The number of ether oxygens (including phenoxy) is 1. The minimum absolute atomic E-state index is 0.308. The van der Waals surface area contributed by atoms with Crippen molar-refractivity contribution in [3.05, 3.63) is 34.8 Å². The number of nitrogens with one attached hydrogen (secondary N) is 1. The number of benzene rings is 1. The molecule has 0 unspecified atom stereocenters. The Kier molecular flexibility index (Phi) is 4.22. The summed E-state index contributed by atoms with van der Waals surface area (Å²) >= 11 is 1.43. The fourth-order valence-electron chi connectivity index (χ4n) is 2.61. The first kappa shape index (κ1) is 15.7. The molecule has 1 aromatic carbocycles. The molecule has 0 radical (unpaired) electrons. The summed E-state index contributed by atoms with van der Waals surface area (Å²) in [7, 11) is 1.42. The minimum Gasteiger partial charge on any atom is -0.465 e. The van der Waals surface area contributed by atoms with Gasteiger partial charge in [0, 0.05) is 23.5 Å². The maximum atomic E-state index is 12.2. The van der Waals surface area contributed by atoms with Crippen LogP contribution < -0.4 is 5.32 Å². The number of carbonyl (C=O) groups is 1. The SMILES string of the molecule is COC(=O)c1sc2cnc3cc(C)ccc3c2c1NCC(C)C. The zero-order chi connectivity index (χ0) is 16.6. The van der Waals surface area contributed by atoms with Gasteiger partial charge in [-0.2, -0.15) is 0 Å². The van der Waals surface area contributed by atoms with Gasteiger partial charge in [-0.05, 0) is 24.5 Å². The lowest BCUT2D eigenvalue weighted by molar-refractivity contribution is 0.0607. The molecule has 0 spiro atoms. The van der Waals surface area contributed by atoms with E-state index in [1.165, 1.54) is 24.0 Å². The Morgan fingerprint density at radius 1 is 1.39 bits per heavy atom. The van der Waals surface area contributed by atoms with Crippen LogP contribution in [0.25, 0.3) is 21.0 Å². The van der Waals surface area contributed by atoms with Crippen LogP contribution in [-0.2, 0) is 4.74 Å². The zero-order valence-electron chi connectivity index (χ0n) is 13.8. The monoisotopic (exact) mass is 328 g/mol. The number of nitrogens with zero attached hydrogens (tertiary/aromatic N) is 1. The first-order chi connectivity index (χ1) is 11.0. The van der Waals surface area contributed by atoms with Crippen molar-refractivity contribution in [3.63, 3.8) is 0 Å². The van der Waals surface area contributed by atoms with Gasteiger partial charge in [0.05, 0.1) is 23.0 Å². The third kappa shape index (κ3) is 2.88. The highest BCUT2D eigenvalue weighted by molar-refractivity contribution is 7.21. The lowest BCUT2D eigenvalue weighted by Crippen LogP contribution is -2.11. The number of aromatic nitrogens is 1. The Morgan fingerprint density at radius 2 is 2.17 bits per heavy atom. The van der Waals surface area contributed by atoms with E-state index in [9.17, 15) is 4.79 Å². The third-order valence-electron chi connectivity index (χ3n) is 3.74. The third-order valence-corrected chi connectivity index (χ3v) is 4.84. The van der Waals surface area contributed by atoms with Gasteiger partial charge in [0.15, 0.2) is 0 Å². The molecule has 0 atom stereocenters. The number of thiophene rings is 1. The average Bonchev–Trinajstić information content (AvgIpc) is 2.90. The largest absolute Gasteiger partial charge is 0.465 e. The molecule has 0 aliphatic rings. The molecular formula is C18H20N2O2S. The summed E-state index contributed by atoms with van der Waals surface area (Å²) in [6.45, 7) is 7.13. The van der Waals surface area contributed by atoms with E-state index in [1.807, 2.05) is 6.20 Å². The highest BCUT2D eigenvalue weighted by Crippen LogP contribution is 2.40. The van der Waals surface area contributed by atoms with Crippen LogP contribution in [0.4, 0.5) is 5.69 Å². The van der Waals surface area contributed by atoms with Crippen molar-refractivity contribution >= 4 is 44.0 Å². The molecule has 3 aromatic rings. The Hall–Kier alpha value is -2.14. The van der Waals surface area contributed by atoms with Crippen LogP contribution in [0.15, 0.2) is 24.4 Å². The Morgan fingerprint density at radius 3 is 2.87 bits per heavy atom. The van der Waals surface area contributed by atoms with Gasteiger partial charge in [-0.3, -0.25) is 4.98 Å². The van der Waals surface area contributed by atoms with Crippen LogP contribution in [0.1, 0.15) is 29.1 Å². The molecule has 0 fully saturated rings.